The number of benzene rings is 1. The number of esters is 2. The van der Waals surface area contributed by atoms with Gasteiger partial charge in [-0.05, 0) is 75.7 Å². The second-order valence-corrected chi connectivity index (χ2v) is 13.1. The number of pyridine rings is 2. The molecule has 43 heavy (non-hydrogen) atoms. The lowest BCUT2D eigenvalue weighted by atomic mass is 9.98. The number of sulfonamides is 1. The second-order valence-electron chi connectivity index (χ2n) is 11.2. The molecule has 0 spiro atoms. The smallest absolute Gasteiger partial charge is 0.314 e. The highest BCUT2D eigenvalue weighted by Crippen LogP contribution is 2.39. The first-order chi connectivity index (χ1) is 20.4. The van der Waals surface area contributed by atoms with E-state index in [9.17, 15) is 18.0 Å². The van der Waals surface area contributed by atoms with Gasteiger partial charge in [0.15, 0.2) is 0 Å². The van der Waals surface area contributed by atoms with Crippen LogP contribution in [-0.2, 0) is 33.8 Å². The van der Waals surface area contributed by atoms with E-state index < -0.39 is 34.2 Å². The van der Waals surface area contributed by atoms with Gasteiger partial charge in [-0.3, -0.25) is 19.6 Å². The SMILES string of the molecule is COC1CCN(S(=O)(=O)c2cc(N)c3cccnc3c2-c2ccnc(C(=CN)CC(=O)OCOC(=O)C(C)(C)C)c2)CC1. The summed E-state index contributed by atoms with van der Waals surface area (Å²) in [5.74, 6) is -1.20. The van der Waals surface area contributed by atoms with Gasteiger partial charge in [0.2, 0.25) is 16.8 Å². The van der Waals surface area contributed by atoms with Crippen LogP contribution in [0.25, 0.3) is 27.6 Å². The molecule has 1 aliphatic rings. The van der Waals surface area contributed by atoms with Crippen molar-refractivity contribution in [2.75, 3.05) is 32.7 Å². The Balaban J connectivity index is 1.69. The normalized spacial score (nSPS) is 15.4. The number of hydrogen-bond donors (Lipinski definition) is 2. The minimum absolute atomic E-state index is 0.00397. The number of nitrogen functional groups attached to an aromatic ring is 1. The molecule has 4 N–H and O–H groups in total. The van der Waals surface area contributed by atoms with Gasteiger partial charge in [-0.15, -0.1) is 0 Å². The van der Waals surface area contributed by atoms with Gasteiger partial charge in [0, 0.05) is 54.8 Å². The summed E-state index contributed by atoms with van der Waals surface area (Å²) >= 11 is 0. The van der Waals surface area contributed by atoms with Gasteiger partial charge in [0.25, 0.3) is 0 Å². The van der Waals surface area contributed by atoms with Crippen molar-refractivity contribution in [1.29, 1.82) is 0 Å². The van der Waals surface area contributed by atoms with E-state index in [0.717, 1.165) is 0 Å². The van der Waals surface area contributed by atoms with Crippen molar-refractivity contribution in [2.24, 2.45) is 11.1 Å². The van der Waals surface area contributed by atoms with Crippen LogP contribution >= 0.6 is 0 Å². The van der Waals surface area contributed by atoms with E-state index >= 15 is 0 Å². The van der Waals surface area contributed by atoms with Crippen LogP contribution in [0.4, 0.5) is 5.69 Å². The van der Waals surface area contributed by atoms with E-state index in [1.165, 1.54) is 22.8 Å². The third-order valence-corrected chi connectivity index (χ3v) is 9.10. The fraction of sp³-hybridized carbons (Fsp3) is 0.400. The molecule has 0 saturated carbocycles. The lowest BCUT2D eigenvalue weighted by Gasteiger charge is -2.31. The topological polar surface area (TPSA) is 177 Å². The van der Waals surface area contributed by atoms with Gasteiger partial charge in [0.05, 0.1) is 34.0 Å². The Bertz CT molecular complexity index is 1640. The Morgan fingerprint density at radius 3 is 2.47 bits per heavy atom. The van der Waals surface area contributed by atoms with Crippen LogP contribution in [0.2, 0.25) is 0 Å². The molecule has 13 heteroatoms. The quantitative estimate of drug-likeness (QED) is 0.206. The molecule has 1 saturated heterocycles. The van der Waals surface area contributed by atoms with Gasteiger partial charge >= 0.3 is 11.9 Å². The molecule has 2 aromatic heterocycles. The van der Waals surface area contributed by atoms with Crippen LogP contribution < -0.4 is 11.5 Å². The highest BCUT2D eigenvalue weighted by atomic mass is 32.2. The zero-order valence-corrected chi connectivity index (χ0v) is 25.5. The van der Waals surface area contributed by atoms with Crippen molar-refractivity contribution < 1.29 is 32.2 Å². The molecular formula is C30H37N5O7S. The number of carbonyl (C=O) groups is 2. The molecule has 0 atom stereocenters. The third kappa shape index (κ3) is 7.12. The lowest BCUT2D eigenvalue weighted by Crippen LogP contribution is -2.40. The fourth-order valence-electron chi connectivity index (χ4n) is 4.74. The summed E-state index contributed by atoms with van der Waals surface area (Å²) in [4.78, 5) is 33.4. The summed E-state index contributed by atoms with van der Waals surface area (Å²) in [6.07, 6.45) is 5.17. The Hall–Kier alpha value is -4.07. The highest BCUT2D eigenvalue weighted by Gasteiger charge is 2.33. The van der Waals surface area contributed by atoms with Crippen LogP contribution in [0.3, 0.4) is 0 Å². The standard InChI is InChI=1S/C30H37N5O7S/c1-30(2,3)29(37)42-18-41-26(36)15-20(17-31)24-14-19(7-11-33-24)27-25(16-23(32)22-6-5-10-34-28(22)27)43(38,39)35-12-8-21(40-4)9-13-35/h5-7,10-11,14,16-17,21H,8-9,12-13,15,18,31-32H2,1-4H3. The maximum atomic E-state index is 14.1. The molecule has 3 heterocycles. The van der Waals surface area contributed by atoms with Crippen molar-refractivity contribution in [1.82, 2.24) is 14.3 Å². The first-order valence-electron chi connectivity index (χ1n) is 13.8. The minimum Gasteiger partial charge on any atom is -0.428 e. The van der Waals surface area contributed by atoms with Gasteiger partial charge in [-0.25, -0.2) is 8.42 Å². The Morgan fingerprint density at radius 1 is 1.09 bits per heavy atom. The molecule has 0 bridgehead atoms. The van der Waals surface area contributed by atoms with Crippen molar-refractivity contribution in [3.8, 4) is 11.1 Å². The van der Waals surface area contributed by atoms with Crippen molar-refractivity contribution in [2.45, 2.75) is 51.0 Å². The average Bonchev–Trinajstić information content (AvgIpc) is 2.99. The monoisotopic (exact) mass is 611 g/mol. The van der Waals surface area contributed by atoms with Gasteiger partial charge in [-0.2, -0.15) is 4.31 Å². The first-order valence-corrected chi connectivity index (χ1v) is 15.2. The van der Waals surface area contributed by atoms with E-state index in [-0.39, 0.29) is 23.1 Å². The molecule has 0 aliphatic carbocycles. The zero-order valence-electron chi connectivity index (χ0n) is 24.7. The molecule has 1 aliphatic heterocycles. The molecular weight excluding hydrogens is 574 g/mol. The van der Waals surface area contributed by atoms with Gasteiger partial charge in [-0.1, -0.05) is 0 Å². The largest absolute Gasteiger partial charge is 0.428 e. The van der Waals surface area contributed by atoms with Crippen LogP contribution in [-0.4, -0.2) is 67.7 Å². The number of ether oxygens (including phenoxy) is 3. The summed E-state index contributed by atoms with van der Waals surface area (Å²) in [6, 6.07) is 8.27. The maximum absolute atomic E-state index is 14.1. The van der Waals surface area contributed by atoms with E-state index in [0.29, 0.717) is 59.2 Å². The zero-order chi connectivity index (χ0) is 31.4. The summed E-state index contributed by atoms with van der Waals surface area (Å²) in [5, 5.41) is 0.593. The fourth-order valence-corrected chi connectivity index (χ4v) is 6.46. The summed E-state index contributed by atoms with van der Waals surface area (Å²) in [7, 11) is -2.37. The number of carbonyl (C=O) groups excluding carboxylic acids is 2. The van der Waals surface area contributed by atoms with E-state index in [4.69, 9.17) is 25.7 Å². The highest BCUT2D eigenvalue weighted by molar-refractivity contribution is 7.89. The van der Waals surface area contributed by atoms with E-state index in [1.807, 2.05) is 0 Å². The number of piperidine rings is 1. The van der Waals surface area contributed by atoms with Crippen LogP contribution in [0.1, 0.15) is 45.7 Å². The van der Waals surface area contributed by atoms with Crippen LogP contribution in [0, 0.1) is 5.41 Å². The molecule has 0 radical (unpaired) electrons. The number of nitrogens with two attached hydrogens (primary N) is 2. The van der Waals surface area contributed by atoms with Gasteiger partial charge in [0.1, 0.15) is 0 Å². The average molecular weight is 612 g/mol. The number of hydrogen-bond acceptors (Lipinski definition) is 11. The second kappa shape index (κ2) is 13.1. The van der Waals surface area contributed by atoms with E-state index in [1.54, 1.807) is 58.3 Å². The minimum atomic E-state index is -3.99. The summed E-state index contributed by atoms with van der Waals surface area (Å²) in [5.41, 5.74) is 13.7. The number of fused-ring (bicyclic) bond motifs is 1. The molecule has 230 valence electrons. The van der Waals surface area contributed by atoms with Crippen molar-refractivity contribution >= 4 is 44.1 Å². The molecule has 0 unspecified atom stereocenters. The molecule has 0 amide bonds. The predicted molar refractivity (Wildman–Crippen MR) is 161 cm³/mol. The first kappa shape index (κ1) is 31.9. The summed E-state index contributed by atoms with van der Waals surface area (Å²) < 4.78 is 45.0. The Morgan fingerprint density at radius 2 is 1.81 bits per heavy atom. The third-order valence-electron chi connectivity index (χ3n) is 7.18. The molecule has 4 rings (SSSR count). The number of methoxy groups -OCH3 is 1. The summed E-state index contributed by atoms with van der Waals surface area (Å²) in [6.45, 7) is 5.12. The molecule has 1 aromatic carbocycles. The number of aromatic nitrogens is 2. The number of nitrogens with zero attached hydrogens (tertiary/aromatic N) is 3. The number of rotatable bonds is 9. The maximum Gasteiger partial charge on any atom is 0.314 e. The van der Waals surface area contributed by atoms with E-state index in [2.05, 4.69) is 9.97 Å². The predicted octanol–water partition coefficient (Wildman–Crippen LogP) is 3.46. The van der Waals surface area contributed by atoms with Crippen LogP contribution in [0.15, 0.2) is 53.8 Å². The van der Waals surface area contributed by atoms with Crippen LogP contribution in [0.5, 0.6) is 0 Å². The van der Waals surface area contributed by atoms with Crippen molar-refractivity contribution in [3.05, 3.63) is 54.6 Å². The Labute approximate surface area is 251 Å². The Kier molecular flexibility index (Phi) is 9.68. The molecule has 1 fully saturated rings. The molecule has 3 aromatic rings. The lowest BCUT2D eigenvalue weighted by molar-refractivity contribution is -0.172. The molecule has 12 nitrogen and oxygen atoms in total. The number of anilines is 1. The van der Waals surface area contributed by atoms with Gasteiger partial charge < -0.3 is 25.7 Å². The van der Waals surface area contributed by atoms with Crippen molar-refractivity contribution in [3.63, 3.8) is 0 Å².